The number of hydrogen-bond acceptors (Lipinski definition) is 14. The van der Waals surface area contributed by atoms with Gasteiger partial charge in [0.25, 0.3) is 0 Å². The van der Waals surface area contributed by atoms with Gasteiger partial charge >= 0.3 is 0 Å². The Bertz CT molecular complexity index is 1450. The van der Waals surface area contributed by atoms with Crippen molar-refractivity contribution in [3.8, 4) is 28.6 Å². The SMILES string of the molecule is COc1ccc(-c2cc(=O)c3c(O)c([C@@H]4OC[C@@H](O)[C@H](O)[C@H]4O[C@@H]4O[C@H](CO)[C@@H](O)[C@H](O)[C@H]4O)c(OC)cc3o2)cc1. The minimum Gasteiger partial charge on any atom is -0.506 e. The van der Waals surface area contributed by atoms with E-state index in [4.69, 9.17) is 28.1 Å². The Kier molecular flexibility index (Phi) is 8.71. The minimum absolute atomic E-state index is 0.0192. The van der Waals surface area contributed by atoms with E-state index in [0.717, 1.165) is 0 Å². The summed E-state index contributed by atoms with van der Waals surface area (Å²) in [5.74, 6) is 0.188. The Labute approximate surface area is 238 Å². The third-order valence-electron chi connectivity index (χ3n) is 7.49. The predicted molar refractivity (Wildman–Crippen MR) is 142 cm³/mol. The summed E-state index contributed by atoms with van der Waals surface area (Å²) < 4.78 is 33.5. The van der Waals surface area contributed by atoms with E-state index in [9.17, 15) is 40.5 Å². The molecule has 0 saturated carbocycles. The Morgan fingerprint density at radius 3 is 2.29 bits per heavy atom. The van der Waals surface area contributed by atoms with Crippen LogP contribution in [0.4, 0.5) is 0 Å². The number of aromatic hydroxyl groups is 1. The summed E-state index contributed by atoms with van der Waals surface area (Å²) in [7, 11) is 2.81. The monoisotopic (exact) mass is 592 g/mol. The van der Waals surface area contributed by atoms with Crippen LogP contribution in [0.15, 0.2) is 45.6 Å². The molecular formula is C28H32O14. The number of aliphatic hydroxyl groups excluding tert-OH is 6. The van der Waals surface area contributed by atoms with Crippen molar-refractivity contribution in [2.24, 2.45) is 0 Å². The number of methoxy groups -OCH3 is 2. The molecule has 228 valence electrons. The quantitative estimate of drug-likeness (QED) is 0.178. The van der Waals surface area contributed by atoms with Gasteiger partial charge < -0.3 is 63.8 Å². The van der Waals surface area contributed by atoms with Gasteiger partial charge in [-0.2, -0.15) is 0 Å². The van der Waals surface area contributed by atoms with Gasteiger partial charge in [0.2, 0.25) is 0 Å². The van der Waals surface area contributed by atoms with Crippen molar-refractivity contribution in [3.63, 3.8) is 0 Å². The zero-order valence-corrected chi connectivity index (χ0v) is 22.6. The lowest BCUT2D eigenvalue weighted by atomic mass is 9.91. The summed E-state index contributed by atoms with van der Waals surface area (Å²) in [6.07, 6.45) is -14.4. The Balaban J connectivity index is 1.56. The fourth-order valence-electron chi connectivity index (χ4n) is 5.16. The van der Waals surface area contributed by atoms with Gasteiger partial charge in [0.05, 0.1) is 33.0 Å². The molecule has 2 aliphatic heterocycles. The fraction of sp³-hybridized carbons (Fsp3) is 0.464. The average molecular weight is 593 g/mol. The second kappa shape index (κ2) is 12.1. The number of fused-ring (bicyclic) bond motifs is 1. The second-order valence-corrected chi connectivity index (χ2v) is 10.0. The molecule has 42 heavy (non-hydrogen) atoms. The minimum atomic E-state index is -1.83. The standard InChI is InChI=1S/C28H32O14/c1-37-12-5-3-11(4-6-12)15-7-13(30)19-17(40-15)8-16(38-2)20(23(19)34)26-27(21(32)14(31)10-39-26)42-28-25(36)24(35)22(33)18(9-29)41-28/h3-8,14,18,21-22,24-29,31-36H,9-10H2,1-2H3/t14-,18-,21+,22-,24+,25-,26+,27-,28+/m1/s1. The first-order valence-corrected chi connectivity index (χ1v) is 13.0. The smallest absolute Gasteiger partial charge is 0.197 e. The largest absolute Gasteiger partial charge is 0.506 e. The number of benzene rings is 2. The number of phenolic OH excluding ortho intramolecular Hbond substituents is 1. The first-order chi connectivity index (χ1) is 20.1. The molecule has 2 saturated heterocycles. The van der Waals surface area contributed by atoms with Crippen LogP contribution in [0, 0.1) is 0 Å². The zero-order valence-electron chi connectivity index (χ0n) is 22.6. The van der Waals surface area contributed by atoms with Crippen molar-refractivity contribution in [2.75, 3.05) is 27.4 Å². The van der Waals surface area contributed by atoms with Gasteiger partial charge in [0.15, 0.2) is 11.7 Å². The lowest BCUT2D eigenvalue weighted by molar-refractivity contribution is -0.336. The number of phenols is 1. The maximum atomic E-state index is 13.3. The summed E-state index contributed by atoms with van der Waals surface area (Å²) in [6.45, 7) is -1.14. The molecule has 0 amide bonds. The average Bonchev–Trinajstić information content (AvgIpc) is 2.99. The highest BCUT2D eigenvalue weighted by Gasteiger charge is 2.49. The lowest BCUT2D eigenvalue weighted by Gasteiger charge is -2.44. The van der Waals surface area contributed by atoms with Crippen molar-refractivity contribution in [1.29, 1.82) is 0 Å². The number of hydrogen-bond donors (Lipinski definition) is 7. The van der Waals surface area contributed by atoms with E-state index in [2.05, 4.69) is 0 Å². The molecule has 14 nitrogen and oxygen atoms in total. The topological polar surface area (TPSA) is 218 Å². The highest BCUT2D eigenvalue weighted by molar-refractivity contribution is 5.88. The molecule has 14 heteroatoms. The molecule has 7 N–H and O–H groups in total. The second-order valence-electron chi connectivity index (χ2n) is 10.0. The molecule has 2 aromatic carbocycles. The summed E-state index contributed by atoms with van der Waals surface area (Å²) in [5.41, 5.74) is -0.187. The number of ether oxygens (including phenoxy) is 5. The predicted octanol–water partition coefficient (Wildman–Crippen LogP) is -0.839. The number of aliphatic hydroxyl groups is 6. The van der Waals surface area contributed by atoms with E-state index < -0.39 is 79.5 Å². The van der Waals surface area contributed by atoms with Gasteiger partial charge in [-0.05, 0) is 24.3 Å². The van der Waals surface area contributed by atoms with Crippen LogP contribution in [0.5, 0.6) is 17.2 Å². The molecule has 3 aromatic rings. The molecule has 0 spiro atoms. The van der Waals surface area contributed by atoms with Gasteiger partial charge in [-0.1, -0.05) is 0 Å². The number of rotatable bonds is 7. The van der Waals surface area contributed by atoms with Gasteiger partial charge in [-0.3, -0.25) is 4.79 Å². The molecule has 1 aromatic heterocycles. The van der Waals surface area contributed by atoms with Crippen LogP contribution in [0.1, 0.15) is 11.7 Å². The van der Waals surface area contributed by atoms with Crippen molar-refractivity contribution < 1.29 is 63.8 Å². The first kappa shape index (κ1) is 30.2. The van der Waals surface area contributed by atoms with Crippen molar-refractivity contribution in [2.45, 2.75) is 55.1 Å². The van der Waals surface area contributed by atoms with Crippen LogP contribution < -0.4 is 14.9 Å². The van der Waals surface area contributed by atoms with E-state index in [-0.39, 0.29) is 28.0 Å². The van der Waals surface area contributed by atoms with Gasteiger partial charge in [0.1, 0.15) is 82.8 Å². The van der Waals surface area contributed by atoms with E-state index >= 15 is 0 Å². The van der Waals surface area contributed by atoms with Crippen molar-refractivity contribution >= 4 is 11.0 Å². The van der Waals surface area contributed by atoms with Gasteiger partial charge in [-0.25, -0.2) is 0 Å². The molecular weight excluding hydrogens is 560 g/mol. The maximum Gasteiger partial charge on any atom is 0.197 e. The van der Waals surface area contributed by atoms with E-state index in [1.807, 2.05) is 0 Å². The summed E-state index contributed by atoms with van der Waals surface area (Å²) in [5, 5.41) is 72.7. The van der Waals surface area contributed by atoms with Crippen LogP contribution >= 0.6 is 0 Å². The van der Waals surface area contributed by atoms with Crippen LogP contribution in [0.3, 0.4) is 0 Å². The molecule has 0 bridgehead atoms. The Hall–Kier alpha value is -3.31. The highest BCUT2D eigenvalue weighted by atomic mass is 16.7. The normalized spacial score (nSPS) is 31.7. The van der Waals surface area contributed by atoms with Crippen LogP contribution in [-0.2, 0) is 14.2 Å². The van der Waals surface area contributed by atoms with E-state index in [0.29, 0.717) is 11.3 Å². The zero-order chi connectivity index (χ0) is 30.3. The van der Waals surface area contributed by atoms with Gasteiger partial charge in [0, 0.05) is 17.7 Å². The molecule has 9 atom stereocenters. The van der Waals surface area contributed by atoms with Crippen LogP contribution in [0.25, 0.3) is 22.3 Å². The summed E-state index contributed by atoms with van der Waals surface area (Å²) in [4.78, 5) is 13.3. The van der Waals surface area contributed by atoms with Crippen LogP contribution in [-0.4, -0.2) is 112 Å². The molecule has 3 heterocycles. The third-order valence-corrected chi connectivity index (χ3v) is 7.49. The molecule has 5 rings (SSSR count). The molecule has 2 fully saturated rings. The molecule has 0 radical (unpaired) electrons. The highest BCUT2D eigenvalue weighted by Crippen LogP contribution is 2.45. The summed E-state index contributed by atoms with van der Waals surface area (Å²) in [6, 6.07) is 9.32. The van der Waals surface area contributed by atoms with Crippen LogP contribution in [0.2, 0.25) is 0 Å². The van der Waals surface area contributed by atoms with E-state index in [1.54, 1.807) is 24.3 Å². The first-order valence-electron chi connectivity index (χ1n) is 13.0. The lowest BCUT2D eigenvalue weighted by Crippen LogP contribution is -2.61. The Morgan fingerprint density at radius 1 is 0.929 bits per heavy atom. The summed E-state index contributed by atoms with van der Waals surface area (Å²) >= 11 is 0. The Morgan fingerprint density at radius 2 is 1.64 bits per heavy atom. The maximum absolute atomic E-state index is 13.3. The molecule has 0 aliphatic carbocycles. The molecule has 2 aliphatic rings. The van der Waals surface area contributed by atoms with Crippen molar-refractivity contribution in [1.82, 2.24) is 0 Å². The van der Waals surface area contributed by atoms with E-state index in [1.165, 1.54) is 26.4 Å². The fourth-order valence-corrected chi connectivity index (χ4v) is 5.16. The van der Waals surface area contributed by atoms with Gasteiger partial charge in [-0.15, -0.1) is 0 Å². The van der Waals surface area contributed by atoms with Crippen molar-refractivity contribution in [3.05, 3.63) is 52.2 Å². The molecule has 0 unspecified atom stereocenters. The third kappa shape index (κ3) is 5.32.